The quantitative estimate of drug-likeness (QED) is 0.933. The van der Waals surface area contributed by atoms with Gasteiger partial charge in [-0.25, -0.2) is 4.39 Å². The number of carbonyl (C=O) groups excluding carboxylic acids is 1. The second-order valence-electron chi connectivity index (χ2n) is 4.74. The first kappa shape index (κ1) is 14.1. The number of hydrogen-bond donors (Lipinski definition) is 1. The molecule has 0 saturated carbocycles. The SMILES string of the molecule is Cc1c(O)cccc1C(=O)N(C)Cc1cccc(F)c1. The average molecular weight is 273 g/mol. The molecular formula is C16H16FNO2. The number of carbonyl (C=O) groups is 1. The van der Waals surface area contributed by atoms with E-state index in [9.17, 15) is 14.3 Å². The lowest BCUT2D eigenvalue weighted by atomic mass is 10.1. The van der Waals surface area contributed by atoms with Gasteiger partial charge in [-0.2, -0.15) is 0 Å². The van der Waals surface area contributed by atoms with Gasteiger partial charge in [0.25, 0.3) is 5.91 Å². The number of aromatic hydroxyl groups is 1. The lowest BCUT2D eigenvalue weighted by Crippen LogP contribution is -2.26. The maximum Gasteiger partial charge on any atom is 0.254 e. The Balaban J connectivity index is 2.19. The van der Waals surface area contributed by atoms with Crippen LogP contribution in [0.4, 0.5) is 4.39 Å². The third-order valence-electron chi connectivity index (χ3n) is 3.19. The number of phenolic OH excluding ortho intramolecular Hbond substituents is 1. The number of amides is 1. The predicted octanol–water partition coefficient (Wildman–Crippen LogP) is 3.11. The highest BCUT2D eigenvalue weighted by Crippen LogP contribution is 2.21. The van der Waals surface area contributed by atoms with Crippen LogP contribution in [0.15, 0.2) is 42.5 Å². The van der Waals surface area contributed by atoms with E-state index in [-0.39, 0.29) is 17.5 Å². The van der Waals surface area contributed by atoms with E-state index >= 15 is 0 Å². The van der Waals surface area contributed by atoms with Gasteiger partial charge in [-0.15, -0.1) is 0 Å². The van der Waals surface area contributed by atoms with Crippen LogP contribution in [0.1, 0.15) is 21.5 Å². The van der Waals surface area contributed by atoms with Crippen molar-refractivity contribution >= 4 is 5.91 Å². The molecule has 3 nitrogen and oxygen atoms in total. The van der Waals surface area contributed by atoms with Crippen molar-refractivity contribution in [2.75, 3.05) is 7.05 Å². The van der Waals surface area contributed by atoms with Crippen LogP contribution in [0.3, 0.4) is 0 Å². The third-order valence-corrected chi connectivity index (χ3v) is 3.19. The largest absolute Gasteiger partial charge is 0.508 e. The molecule has 4 heteroatoms. The molecule has 2 aromatic carbocycles. The van der Waals surface area contributed by atoms with E-state index in [1.54, 1.807) is 44.3 Å². The number of hydrogen-bond acceptors (Lipinski definition) is 2. The number of rotatable bonds is 3. The van der Waals surface area contributed by atoms with Gasteiger partial charge >= 0.3 is 0 Å². The molecule has 0 heterocycles. The normalized spacial score (nSPS) is 10.3. The van der Waals surface area contributed by atoms with Crippen LogP contribution < -0.4 is 0 Å². The highest BCUT2D eigenvalue weighted by molar-refractivity contribution is 5.96. The maximum absolute atomic E-state index is 13.1. The minimum Gasteiger partial charge on any atom is -0.508 e. The van der Waals surface area contributed by atoms with Crippen molar-refractivity contribution in [3.05, 3.63) is 65.0 Å². The third kappa shape index (κ3) is 2.96. The summed E-state index contributed by atoms with van der Waals surface area (Å²) < 4.78 is 13.1. The first-order valence-corrected chi connectivity index (χ1v) is 6.27. The fourth-order valence-corrected chi connectivity index (χ4v) is 2.04. The molecule has 0 aliphatic heterocycles. The molecule has 2 rings (SSSR count). The average Bonchev–Trinajstić information content (AvgIpc) is 2.41. The molecule has 0 radical (unpaired) electrons. The van der Waals surface area contributed by atoms with E-state index < -0.39 is 0 Å². The molecule has 1 amide bonds. The van der Waals surface area contributed by atoms with Gasteiger partial charge in [0.05, 0.1) is 0 Å². The fourth-order valence-electron chi connectivity index (χ4n) is 2.04. The van der Waals surface area contributed by atoms with E-state index in [1.165, 1.54) is 17.0 Å². The number of benzene rings is 2. The molecule has 0 atom stereocenters. The van der Waals surface area contributed by atoms with Gasteiger partial charge in [0.2, 0.25) is 0 Å². The summed E-state index contributed by atoms with van der Waals surface area (Å²) in [6.45, 7) is 2.00. The highest BCUT2D eigenvalue weighted by Gasteiger charge is 2.16. The van der Waals surface area contributed by atoms with Crippen LogP contribution in [0.5, 0.6) is 5.75 Å². The Kier molecular flexibility index (Phi) is 4.03. The van der Waals surface area contributed by atoms with E-state index in [4.69, 9.17) is 0 Å². The molecule has 0 aliphatic rings. The van der Waals surface area contributed by atoms with Crippen molar-refractivity contribution in [2.24, 2.45) is 0 Å². The Hall–Kier alpha value is -2.36. The Labute approximate surface area is 117 Å². The summed E-state index contributed by atoms with van der Waals surface area (Å²) in [7, 11) is 1.65. The summed E-state index contributed by atoms with van der Waals surface area (Å²) in [5, 5.41) is 9.64. The lowest BCUT2D eigenvalue weighted by molar-refractivity contribution is 0.0783. The van der Waals surface area contributed by atoms with E-state index in [2.05, 4.69) is 0 Å². The minimum atomic E-state index is -0.322. The molecule has 104 valence electrons. The summed E-state index contributed by atoms with van der Waals surface area (Å²) >= 11 is 0. The zero-order valence-electron chi connectivity index (χ0n) is 11.4. The Morgan fingerprint density at radius 1 is 1.25 bits per heavy atom. The molecule has 0 aromatic heterocycles. The summed E-state index contributed by atoms with van der Waals surface area (Å²) in [4.78, 5) is 13.8. The molecule has 2 aromatic rings. The van der Waals surface area contributed by atoms with Gasteiger partial charge < -0.3 is 10.0 Å². The standard InChI is InChI=1S/C16H16FNO2/c1-11-14(7-4-8-15(11)19)16(20)18(2)10-12-5-3-6-13(17)9-12/h3-9,19H,10H2,1-2H3. The molecule has 20 heavy (non-hydrogen) atoms. The number of nitrogens with zero attached hydrogens (tertiary/aromatic N) is 1. The molecular weight excluding hydrogens is 257 g/mol. The minimum absolute atomic E-state index is 0.0926. The Morgan fingerprint density at radius 2 is 1.95 bits per heavy atom. The molecule has 0 saturated heterocycles. The second-order valence-corrected chi connectivity index (χ2v) is 4.74. The van der Waals surface area contributed by atoms with Crippen molar-refractivity contribution in [1.29, 1.82) is 0 Å². The van der Waals surface area contributed by atoms with Crippen LogP contribution >= 0.6 is 0 Å². The van der Waals surface area contributed by atoms with Gasteiger partial charge in [0.1, 0.15) is 11.6 Å². The van der Waals surface area contributed by atoms with Gasteiger partial charge in [0, 0.05) is 24.7 Å². The van der Waals surface area contributed by atoms with Crippen LogP contribution in [-0.4, -0.2) is 23.0 Å². The zero-order chi connectivity index (χ0) is 14.7. The van der Waals surface area contributed by atoms with Gasteiger partial charge in [-0.05, 0) is 36.8 Å². The summed E-state index contributed by atoms with van der Waals surface area (Å²) in [6.07, 6.45) is 0. The van der Waals surface area contributed by atoms with Crippen molar-refractivity contribution in [2.45, 2.75) is 13.5 Å². The predicted molar refractivity (Wildman–Crippen MR) is 75.0 cm³/mol. The molecule has 0 aliphatic carbocycles. The summed E-state index contributed by atoms with van der Waals surface area (Å²) in [5.41, 5.74) is 1.71. The van der Waals surface area contributed by atoms with E-state index in [0.29, 0.717) is 17.7 Å². The van der Waals surface area contributed by atoms with Gasteiger partial charge in [-0.1, -0.05) is 18.2 Å². The van der Waals surface area contributed by atoms with Crippen molar-refractivity contribution < 1.29 is 14.3 Å². The zero-order valence-corrected chi connectivity index (χ0v) is 11.4. The van der Waals surface area contributed by atoms with Crippen LogP contribution in [-0.2, 0) is 6.54 Å². The maximum atomic E-state index is 13.1. The number of phenols is 1. The van der Waals surface area contributed by atoms with Gasteiger partial charge in [0.15, 0.2) is 0 Å². The molecule has 0 bridgehead atoms. The molecule has 0 unspecified atom stereocenters. The number of halogens is 1. The first-order valence-electron chi connectivity index (χ1n) is 6.27. The van der Waals surface area contributed by atoms with Crippen LogP contribution in [0.2, 0.25) is 0 Å². The van der Waals surface area contributed by atoms with Crippen molar-refractivity contribution in [1.82, 2.24) is 4.90 Å². The van der Waals surface area contributed by atoms with Crippen LogP contribution in [0.25, 0.3) is 0 Å². The fraction of sp³-hybridized carbons (Fsp3) is 0.188. The van der Waals surface area contributed by atoms with Crippen molar-refractivity contribution in [3.8, 4) is 5.75 Å². The van der Waals surface area contributed by atoms with Crippen molar-refractivity contribution in [3.63, 3.8) is 0 Å². The highest BCUT2D eigenvalue weighted by atomic mass is 19.1. The first-order chi connectivity index (χ1) is 9.49. The Morgan fingerprint density at radius 3 is 2.65 bits per heavy atom. The molecule has 1 N–H and O–H groups in total. The second kappa shape index (κ2) is 5.74. The van der Waals surface area contributed by atoms with Gasteiger partial charge in [-0.3, -0.25) is 4.79 Å². The monoisotopic (exact) mass is 273 g/mol. The topological polar surface area (TPSA) is 40.5 Å². The van der Waals surface area contributed by atoms with Crippen LogP contribution in [0, 0.1) is 12.7 Å². The lowest BCUT2D eigenvalue weighted by Gasteiger charge is -2.18. The summed E-state index contributed by atoms with van der Waals surface area (Å²) in [6, 6.07) is 11.0. The molecule has 0 fully saturated rings. The smallest absolute Gasteiger partial charge is 0.254 e. The van der Waals surface area contributed by atoms with E-state index in [0.717, 1.165) is 5.56 Å². The summed E-state index contributed by atoms with van der Waals surface area (Å²) in [5.74, 6) is -0.436. The Bertz CT molecular complexity index is 640. The van der Waals surface area contributed by atoms with E-state index in [1.807, 2.05) is 0 Å². The molecule has 0 spiro atoms.